The normalized spacial score (nSPS) is 57.8. The standard InChI is InChI=1S/C24H31FO6/c1-14-8-18-17-5-4-15-9-16(26)6-7-20(15,2)23(17,25)19(27)10-21(18,3)24(14)22(30-13-31-24)11-28-12-29-22/h4,6-7,14,17-19,27H,5,8-13H2,1-3H3/t14-,17+,18+,19+,20+,21+,22?,23+,24-/m1/s1. The summed E-state index contributed by atoms with van der Waals surface area (Å²) in [5.41, 5.74) is -3.39. The zero-order chi connectivity index (χ0) is 21.9. The van der Waals surface area contributed by atoms with Crippen LogP contribution < -0.4 is 0 Å². The van der Waals surface area contributed by atoms with E-state index in [0.717, 1.165) is 12.0 Å². The molecule has 0 aromatic heterocycles. The Balaban J connectivity index is 1.49. The van der Waals surface area contributed by atoms with E-state index in [-0.39, 0.29) is 50.7 Å². The van der Waals surface area contributed by atoms with Crippen molar-refractivity contribution in [2.45, 2.75) is 69.6 Å². The molecule has 4 fully saturated rings. The number of halogens is 1. The van der Waals surface area contributed by atoms with Gasteiger partial charge in [0.25, 0.3) is 0 Å². The SMILES string of the molecule is C[C@@H]1C[C@H]2[C@@H]3CC=C4CC(=O)C=C[C@]4(C)[C@@]3(F)[C@@H](O)C[C@]2(C)[C@]12OCOC21COCO1. The number of ketones is 1. The van der Waals surface area contributed by atoms with Crippen molar-refractivity contribution in [3.05, 3.63) is 23.8 Å². The van der Waals surface area contributed by atoms with Gasteiger partial charge >= 0.3 is 0 Å². The number of hydrogen-bond donors (Lipinski definition) is 1. The van der Waals surface area contributed by atoms with Crippen molar-refractivity contribution < 1.29 is 33.2 Å². The largest absolute Gasteiger partial charge is 0.390 e. The number of carbonyl (C=O) groups is 1. The first-order valence-corrected chi connectivity index (χ1v) is 11.4. The van der Waals surface area contributed by atoms with Gasteiger partial charge < -0.3 is 24.1 Å². The van der Waals surface area contributed by atoms with Crippen LogP contribution in [0.15, 0.2) is 23.8 Å². The molecule has 0 radical (unpaired) electrons. The van der Waals surface area contributed by atoms with Crippen molar-refractivity contribution in [3.8, 4) is 0 Å². The zero-order valence-corrected chi connectivity index (χ0v) is 18.4. The van der Waals surface area contributed by atoms with Crippen LogP contribution in [-0.2, 0) is 23.7 Å². The summed E-state index contributed by atoms with van der Waals surface area (Å²) in [6.45, 7) is 6.60. The lowest BCUT2D eigenvalue weighted by Crippen LogP contribution is -2.71. The van der Waals surface area contributed by atoms with Crippen LogP contribution in [0.2, 0.25) is 0 Å². The van der Waals surface area contributed by atoms with E-state index in [1.54, 1.807) is 6.08 Å². The van der Waals surface area contributed by atoms with Crippen LogP contribution in [0.1, 0.15) is 46.5 Å². The molecule has 9 atom stereocenters. The van der Waals surface area contributed by atoms with Crippen molar-refractivity contribution in [1.29, 1.82) is 0 Å². The summed E-state index contributed by atoms with van der Waals surface area (Å²) < 4.78 is 41.3. The number of alkyl halides is 1. The van der Waals surface area contributed by atoms with Gasteiger partial charge in [-0.2, -0.15) is 0 Å². The Bertz CT molecular complexity index is 889. The Morgan fingerprint density at radius 3 is 2.68 bits per heavy atom. The number of hydrogen-bond acceptors (Lipinski definition) is 6. The minimum Gasteiger partial charge on any atom is -0.390 e. The van der Waals surface area contributed by atoms with E-state index in [1.807, 2.05) is 6.92 Å². The molecule has 1 N–H and O–H groups in total. The molecule has 31 heavy (non-hydrogen) atoms. The van der Waals surface area contributed by atoms with Crippen LogP contribution in [0.5, 0.6) is 0 Å². The molecule has 0 aromatic rings. The average molecular weight is 435 g/mol. The van der Waals surface area contributed by atoms with E-state index >= 15 is 4.39 Å². The fraction of sp³-hybridized carbons (Fsp3) is 0.792. The number of carbonyl (C=O) groups excluding carboxylic acids is 1. The molecule has 2 heterocycles. The summed E-state index contributed by atoms with van der Waals surface area (Å²) in [7, 11) is 0. The number of allylic oxidation sites excluding steroid dienone is 4. The Hall–Kier alpha value is -1.12. The number of aliphatic hydroxyl groups excluding tert-OH is 1. The van der Waals surface area contributed by atoms with Gasteiger partial charge in [-0.1, -0.05) is 31.6 Å². The number of rotatable bonds is 0. The Labute approximate surface area is 181 Å². The number of aliphatic hydroxyl groups is 1. The zero-order valence-electron chi connectivity index (χ0n) is 18.4. The van der Waals surface area contributed by atoms with Crippen molar-refractivity contribution >= 4 is 5.78 Å². The third kappa shape index (κ3) is 2.05. The lowest BCUT2D eigenvalue weighted by Gasteiger charge is -2.63. The van der Waals surface area contributed by atoms with Gasteiger partial charge in [0.15, 0.2) is 25.0 Å². The molecule has 2 saturated heterocycles. The fourth-order valence-electron chi connectivity index (χ4n) is 8.64. The van der Waals surface area contributed by atoms with Crippen molar-refractivity contribution in [2.75, 3.05) is 20.2 Å². The molecular formula is C24H31FO6. The van der Waals surface area contributed by atoms with Gasteiger partial charge in [0.1, 0.15) is 12.2 Å². The van der Waals surface area contributed by atoms with E-state index in [2.05, 4.69) is 19.9 Å². The highest BCUT2D eigenvalue weighted by Gasteiger charge is 2.81. The molecule has 7 heteroatoms. The Kier molecular flexibility index (Phi) is 4.00. The van der Waals surface area contributed by atoms with E-state index in [4.69, 9.17) is 18.9 Å². The molecular weight excluding hydrogens is 403 g/mol. The quantitative estimate of drug-likeness (QED) is 0.591. The van der Waals surface area contributed by atoms with Gasteiger partial charge in [-0.3, -0.25) is 4.79 Å². The maximum atomic E-state index is 17.3. The summed E-state index contributed by atoms with van der Waals surface area (Å²) in [4.78, 5) is 12.0. The predicted octanol–water partition coefficient (Wildman–Crippen LogP) is 3.05. The molecule has 4 aliphatic carbocycles. The number of ether oxygens (including phenoxy) is 4. The van der Waals surface area contributed by atoms with Crippen LogP contribution in [0, 0.1) is 28.6 Å². The van der Waals surface area contributed by atoms with E-state index in [0.29, 0.717) is 6.42 Å². The highest BCUT2D eigenvalue weighted by molar-refractivity contribution is 5.93. The van der Waals surface area contributed by atoms with Gasteiger partial charge in [0.05, 0.1) is 6.10 Å². The first-order valence-electron chi connectivity index (χ1n) is 11.4. The molecule has 1 unspecified atom stereocenters. The third-order valence-electron chi connectivity index (χ3n) is 9.96. The van der Waals surface area contributed by atoms with Crippen LogP contribution >= 0.6 is 0 Å². The summed E-state index contributed by atoms with van der Waals surface area (Å²) >= 11 is 0. The van der Waals surface area contributed by atoms with Gasteiger partial charge in [-0.05, 0) is 44.1 Å². The fourth-order valence-corrected chi connectivity index (χ4v) is 8.64. The highest BCUT2D eigenvalue weighted by atomic mass is 19.1. The van der Waals surface area contributed by atoms with E-state index < -0.39 is 39.9 Å². The maximum Gasteiger partial charge on any atom is 0.227 e. The summed E-state index contributed by atoms with van der Waals surface area (Å²) in [5.74, 6) is -1.41. The van der Waals surface area contributed by atoms with Crippen molar-refractivity contribution in [2.24, 2.45) is 28.6 Å². The molecule has 2 saturated carbocycles. The Morgan fingerprint density at radius 2 is 1.94 bits per heavy atom. The molecule has 6 rings (SSSR count). The number of fused-ring (bicyclic) bond motifs is 7. The van der Waals surface area contributed by atoms with E-state index in [1.165, 1.54) is 6.08 Å². The van der Waals surface area contributed by atoms with Gasteiger partial charge in [-0.15, -0.1) is 0 Å². The minimum atomic E-state index is -1.84. The predicted molar refractivity (Wildman–Crippen MR) is 107 cm³/mol. The lowest BCUT2D eigenvalue weighted by atomic mass is 9.45. The second kappa shape index (κ2) is 6.06. The minimum absolute atomic E-state index is 0.00816. The summed E-state index contributed by atoms with van der Waals surface area (Å²) in [6, 6.07) is 0. The molecule has 170 valence electrons. The molecule has 6 nitrogen and oxygen atoms in total. The topological polar surface area (TPSA) is 74.2 Å². The molecule has 0 bridgehead atoms. The molecule has 2 spiro atoms. The average Bonchev–Trinajstić information content (AvgIpc) is 3.40. The Morgan fingerprint density at radius 1 is 1.16 bits per heavy atom. The van der Waals surface area contributed by atoms with Gasteiger partial charge in [0, 0.05) is 23.2 Å². The second-order valence-corrected chi connectivity index (χ2v) is 10.9. The van der Waals surface area contributed by atoms with Crippen molar-refractivity contribution in [1.82, 2.24) is 0 Å². The third-order valence-corrected chi connectivity index (χ3v) is 9.96. The first kappa shape index (κ1) is 20.5. The summed E-state index contributed by atoms with van der Waals surface area (Å²) in [6.07, 6.45) is 5.78. The first-order chi connectivity index (χ1) is 14.6. The van der Waals surface area contributed by atoms with E-state index in [9.17, 15) is 9.90 Å². The molecule has 2 aliphatic heterocycles. The molecule has 6 aliphatic rings. The van der Waals surface area contributed by atoms with Crippen LogP contribution in [0.3, 0.4) is 0 Å². The van der Waals surface area contributed by atoms with Crippen LogP contribution in [-0.4, -0.2) is 54.2 Å². The van der Waals surface area contributed by atoms with Gasteiger partial charge in [-0.25, -0.2) is 4.39 Å². The monoisotopic (exact) mass is 434 g/mol. The van der Waals surface area contributed by atoms with Crippen molar-refractivity contribution in [3.63, 3.8) is 0 Å². The second-order valence-electron chi connectivity index (χ2n) is 10.9. The lowest BCUT2D eigenvalue weighted by molar-refractivity contribution is -0.276. The molecule has 0 amide bonds. The molecule has 0 aromatic carbocycles. The highest BCUT2D eigenvalue weighted by Crippen LogP contribution is 2.73. The summed E-state index contributed by atoms with van der Waals surface area (Å²) in [5, 5.41) is 11.5. The van der Waals surface area contributed by atoms with Crippen LogP contribution in [0.4, 0.5) is 4.39 Å². The van der Waals surface area contributed by atoms with Gasteiger partial charge in [0.2, 0.25) is 5.79 Å². The maximum absolute atomic E-state index is 17.3. The van der Waals surface area contributed by atoms with Crippen LogP contribution in [0.25, 0.3) is 0 Å². The smallest absolute Gasteiger partial charge is 0.227 e.